The summed E-state index contributed by atoms with van der Waals surface area (Å²) in [7, 11) is -2.97. The number of rotatable bonds is 1. The van der Waals surface area contributed by atoms with Gasteiger partial charge < -0.3 is 0 Å². The van der Waals surface area contributed by atoms with Crippen LogP contribution in [-0.4, -0.2) is 29.5 Å². The lowest BCUT2D eigenvalue weighted by molar-refractivity contribution is 0.483. The van der Waals surface area contributed by atoms with E-state index in [2.05, 4.69) is 4.98 Å². The van der Waals surface area contributed by atoms with Gasteiger partial charge in [0.1, 0.15) is 0 Å². The van der Waals surface area contributed by atoms with Crippen molar-refractivity contribution < 1.29 is 8.42 Å². The summed E-state index contributed by atoms with van der Waals surface area (Å²) in [5, 5.41) is 0. The van der Waals surface area contributed by atoms with Crippen molar-refractivity contribution in [2.24, 2.45) is 0 Å². The lowest BCUT2D eigenvalue weighted by Gasteiger charge is -2.28. The van der Waals surface area contributed by atoms with Crippen LogP contribution in [0.3, 0.4) is 0 Å². The normalized spacial score (nSPS) is 19.8. The van der Waals surface area contributed by atoms with Crippen LogP contribution in [0, 0.1) is 6.92 Å². The number of nitrogens with one attached hydrogen (secondary N) is 1. The van der Waals surface area contributed by atoms with Gasteiger partial charge in [0.05, 0.1) is 17.5 Å². The fraction of sp³-hybridized carbons (Fsp3) is 0.500. The van der Waals surface area contributed by atoms with Crippen molar-refractivity contribution >= 4 is 9.84 Å². The van der Waals surface area contributed by atoms with Gasteiger partial charge in [-0.2, -0.15) is 0 Å². The zero-order valence-electron chi connectivity index (χ0n) is 8.06. The summed E-state index contributed by atoms with van der Waals surface area (Å²) in [5.41, 5.74) is -0.514. The van der Waals surface area contributed by atoms with Gasteiger partial charge >= 0.3 is 5.69 Å². The van der Waals surface area contributed by atoms with Crippen molar-refractivity contribution in [2.45, 2.75) is 13.0 Å². The van der Waals surface area contributed by atoms with Crippen LogP contribution in [0.2, 0.25) is 0 Å². The Morgan fingerprint density at radius 1 is 1.40 bits per heavy atom. The highest BCUT2D eigenvalue weighted by atomic mass is 32.2. The fourth-order valence-electron chi connectivity index (χ4n) is 1.76. The van der Waals surface area contributed by atoms with Crippen LogP contribution in [0.25, 0.3) is 0 Å². The summed E-state index contributed by atoms with van der Waals surface area (Å²) >= 11 is 0. The molecule has 7 heteroatoms. The Balaban J connectivity index is 2.47. The van der Waals surface area contributed by atoms with E-state index < -0.39 is 21.1 Å². The molecule has 2 rings (SSSR count). The number of nitrogens with zero attached hydrogens (tertiary/aromatic N) is 1. The molecule has 1 aromatic heterocycles. The van der Waals surface area contributed by atoms with Gasteiger partial charge in [-0.05, 0) is 6.92 Å². The molecule has 1 aliphatic rings. The number of hydrogen-bond donors (Lipinski definition) is 1. The highest BCUT2D eigenvalue weighted by Crippen LogP contribution is 2.22. The van der Waals surface area contributed by atoms with Gasteiger partial charge in [-0.1, -0.05) is 0 Å². The first kappa shape index (κ1) is 10.2. The molecule has 0 amide bonds. The minimum atomic E-state index is -2.97. The fourth-order valence-corrected chi connectivity index (χ4v) is 3.13. The number of sulfone groups is 1. The summed E-state index contributed by atoms with van der Waals surface area (Å²) in [6, 6.07) is 0.950. The molecule has 1 fully saturated rings. The first-order valence-corrected chi connectivity index (χ1v) is 6.24. The number of aromatic amines is 1. The third-order valence-corrected chi connectivity index (χ3v) is 4.21. The molecule has 1 aromatic rings. The van der Waals surface area contributed by atoms with Crippen LogP contribution >= 0.6 is 0 Å². The minimum Gasteiger partial charge on any atom is -0.293 e. The number of aromatic nitrogens is 2. The van der Waals surface area contributed by atoms with Gasteiger partial charge in [0, 0.05) is 11.8 Å². The standard InChI is InChI=1S/C8H10N2O4S/c1-5-2-7(11)9-8(12)10(5)6-3-15(13,14)4-6/h2,6H,3-4H2,1H3,(H,9,11,12). The second kappa shape index (κ2) is 3.06. The molecule has 0 spiro atoms. The van der Waals surface area contributed by atoms with Gasteiger partial charge in [-0.15, -0.1) is 0 Å². The SMILES string of the molecule is Cc1cc(=O)[nH]c(=O)n1C1CS(=O)(=O)C1. The first-order valence-electron chi connectivity index (χ1n) is 4.42. The Kier molecular flexibility index (Phi) is 2.07. The van der Waals surface area contributed by atoms with Crippen LogP contribution in [0.4, 0.5) is 0 Å². The Labute approximate surface area is 85.5 Å². The molecule has 0 aromatic carbocycles. The molecule has 0 bridgehead atoms. The van der Waals surface area contributed by atoms with E-state index in [4.69, 9.17) is 0 Å². The van der Waals surface area contributed by atoms with Crippen molar-refractivity contribution in [1.29, 1.82) is 0 Å². The van der Waals surface area contributed by atoms with Crippen molar-refractivity contribution in [2.75, 3.05) is 11.5 Å². The van der Waals surface area contributed by atoms with Crippen molar-refractivity contribution in [3.8, 4) is 0 Å². The quantitative estimate of drug-likeness (QED) is 0.657. The minimum absolute atomic E-state index is 0.0280. The molecule has 1 saturated heterocycles. The number of hydrogen-bond acceptors (Lipinski definition) is 4. The van der Waals surface area contributed by atoms with E-state index in [9.17, 15) is 18.0 Å². The molecule has 2 heterocycles. The van der Waals surface area contributed by atoms with Crippen LogP contribution in [0.5, 0.6) is 0 Å². The molecule has 1 aliphatic heterocycles. The van der Waals surface area contributed by atoms with Gasteiger partial charge in [0.25, 0.3) is 5.56 Å². The second-order valence-corrected chi connectivity index (χ2v) is 5.83. The predicted molar refractivity (Wildman–Crippen MR) is 53.8 cm³/mol. The van der Waals surface area contributed by atoms with Crippen molar-refractivity contribution in [3.63, 3.8) is 0 Å². The highest BCUT2D eigenvalue weighted by molar-refractivity contribution is 7.92. The van der Waals surface area contributed by atoms with E-state index in [-0.39, 0.29) is 17.5 Å². The Morgan fingerprint density at radius 3 is 2.47 bits per heavy atom. The molecule has 0 unspecified atom stereocenters. The smallest absolute Gasteiger partial charge is 0.293 e. The molecule has 1 N–H and O–H groups in total. The van der Waals surface area contributed by atoms with Crippen LogP contribution in [-0.2, 0) is 9.84 Å². The van der Waals surface area contributed by atoms with Crippen LogP contribution in [0.15, 0.2) is 15.7 Å². The number of H-pyrrole nitrogens is 1. The molecule has 82 valence electrons. The maximum absolute atomic E-state index is 11.4. The molecule has 0 atom stereocenters. The summed E-state index contributed by atoms with van der Waals surface area (Å²) in [6.45, 7) is 1.61. The van der Waals surface area contributed by atoms with Gasteiger partial charge in [0.2, 0.25) is 0 Å². The van der Waals surface area contributed by atoms with Gasteiger partial charge in [0.15, 0.2) is 9.84 Å². The lowest BCUT2D eigenvalue weighted by Crippen LogP contribution is -2.45. The molecule has 6 nitrogen and oxygen atoms in total. The summed E-state index contributed by atoms with van der Waals surface area (Å²) in [5.74, 6) is -0.0560. The van der Waals surface area contributed by atoms with Gasteiger partial charge in [-0.3, -0.25) is 14.3 Å². The van der Waals surface area contributed by atoms with E-state index in [0.29, 0.717) is 5.69 Å². The van der Waals surface area contributed by atoms with Crippen molar-refractivity contribution in [1.82, 2.24) is 9.55 Å². The summed E-state index contributed by atoms with van der Waals surface area (Å²) in [4.78, 5) is 24.5. The van der Waals surface area contributed by atoms with E-state index in [1.54, 1.807) is 6.92 Å². The van der Waals surface area contributed by atoms with Crippen molar-refractivity contribution in [3.05, 3.63) is 32.6 Å². The van der Waals surface area contributed by atoms with E-state index >= 15 is 0 Å². The third-order valence-electron chi connectivity index (χ3n) is 2.43. The first-order chi connectivity index (χ1) is 6.89. The van der Waals surface area contributed by atoms with Crippen LogP contribution < -0.4 is 11.2 Å². The zero-order chi connectivity index (χ0) is 11.2. The molecule has 15 heavy (non-hydrogen) atoms. The van der Waals surface area contributed by atoms with Gasteiger partial charge in [-0.25, -0.2) is 13.2 Å². The molecule has 0 saturated carbocycles. The third kappa shape index (κ3) is 1.74. The van der Waals surface area contributed by atoms with E-state index in [1.807, 2.05) is 0 Å². The Bertz CT molecular complexity index is 598. The number of aryl methyl sites for hydroxylation is 1. The highest BCUT2D eigenvalue weighted by Gasteiger charge is 2.35. The lowest BCUT2D eigenvalue weighted by atomic mass is 10.3. The molecular weight excluding hydrogens is 220 g/mol. The largest absolute Gasteiger partial charge is 0.328 e. The molecule has 0 radical (unpaired) electrons. The Hall–Kier alpha value is -1.37. The predicted octanol–water partition coefficient (Wildman–Crippen LogP) is -1.19. The summed E-state index contributed by atoms with van der Waals surface area (Å²) in [6.07, 6.45) is 0. The van der Waals surface area contributed by atoms with E-state index in [0.717, 1.165) is 0 Å². The molecule has 0 aliphatic carbocycles. The maximum atomic E-state index is 11.4. The van der Waals surface area contributed by atoms with Crippen LogP contribution in [0.1, 0.15) is 11.7 Å². The summed E-state index contributed by atoms with van der Waals surface area (Å²) < 4.78 is 23.3. The zero-order valence-corrected chi connectivity index (χ0v) is 8.87. The maximum Gasteiger partial charge on any atom is 0.328 e. The van der Waals surface area contributed by atoms with E-state index in [1.165, 1.54) is 10.6 Å². The Morgan fingerprint density at radius 2 is 2.00 bits per heavy atom. The average molecular weight is 230 g/mol. The second-order valence-electron chi connectivity index (χ2n) is 3.68. The topological polar surface area (TPSA) is 89.0 Å². The monoisotopic (exact) mass is 230 g/mol. The average Bonchev–Trinajstić information content (AvgIpc) is 1.98. The molecular formula is C8H10N2O4S.